The number of hydrogen-bond donors (Lipinski definition) is 0. The summed E-state index contributed by atoms with van der Waals surface area (Å²) in [6.45, 7) is 8.08. The Morgan fingerprint density at radius 3 is 2.04 bits per heavy atom. The molecule has 0 unspecified atom stereocenters. The molecule has 2 saturated heterocycles. The number of carbonyl (C=O) groups excluding carboxylic acids is 1. The van der Waals surface area contributed by atoms with Crippen LogP contribution in [0.25, 0.3) is 6.08 Å². The first kappa shape index (κ1) is 19.2. The first-order valence-electron chi connectivity index (χ1n) is 8.94. The van der Waals surface area contributed by atoms with Crippen molar-refractivity contribution in [1.82, 2.24) is 0 Å². The molecule has 2 heterocycles. The molecule has 0 saturated carbocycles. The second kappa shape index (κ2) is 9.39. The number of ether oxygens (including phenoxy) is 3. The van der Waals surface area contributed by atoms with Crippen LogP contribution in [0.3, 0.4) is 0 Å². The zero-order valence-corrected chi connectivity index (χ0v) is 16.7. The largest absolute Gasteiger partial charge is 0.462 e. The van der Waals surface area contributed by atoms with Gasteiger partial charge in [0, 0.05) is 54.5 Å². The number of halogens is 1. The highest BCUT2D eigenvalue weighted by Gasteiger charge is 2.21. The van der Waals surface area contributed by atoms with Gasteiger partial charge in [-0.25, -0.2) is 0 Å². The average molecular weight is 425 g/mol. The van der Waals surface area contributed by atoms with E-state index in [0.717, 1.165) is 62.6 Å². The van der Waals surface area contributed by atoms with Crippen LogP contribution in [-0.2, 0) is 19.0 Å². The number of rotatable bonds is 5. The molecule has 0 atom stereocenters. The van der Waals surface area contributed by atoms with E-state index in [0.29, 0.717) is 0 Å². The molecule has 0 N–H and O–H groups in total. The zero-order chi connectivity index (χ0) is 18.4. The molecular weight excluding hydrogens is 400 g/mol. The van der Waals surface area contributed by atoms with Crippen molar-refractivity contribution >= 4 is 39.4 Å². The summed E-state index contributed by atoms with van der Waals surface area (Å²) in [6, 6.07) is 4.31. The molecule has 6 nitrogen and oxygen atoms in total. The summed E-state index contributed by atoms with van der Waals surface area (Å²) in [4.78, 5) is 15.7. The van der Waals surface area contributed by atoms with Crippen molar-refractivity contribution in [1.29, 1.82) is 0 Å². The maximum Gasteiger partial charge on any atom is 0.302 e. The van der Waals surface area contributed by atoms with Crippen molar-refractivity contribution < 1.29 is 19.0 Å². The number of morpholine rings is 2. The Hall–Kier alpha value is -1.57. The van der Waals surface area contributed by atoms with Gasteiger partial charge in [0.1, 0.15) is 6.61 Å². The molecule has 142 valence electrons. The van der Waals surface area contributed by atoms with Crippen LogP contribution in [0.1, 0.15) is 12.5 Å². The highest BCUT2D eigenvalue weighted by Crippen LogP contribution is 2.36. The van der Waals surface area contributed by atoms with Gasteiger partial charge in [0.05, 0.1) is 26.4 Å². The topological polar surface area (TPSA) is 51.2 Å². The molecule has 0 amide bonds. The van der Waals surface area contributed by atoms with E-state index in [-0.39, 0.29) is 12.6 Å². The lowest BCUT2D eigenvalue weighted by Crippen LogP contribution is -2.38. The maximum atomic E-state index is 11.0. The van der Waals surface area contributed by atoms with Gasteiger partial charge in [-0.3, -0.25) is 4.79 Å². The minimum atomic E-state index is -0.271. The van der Waals surface area contributed by atoms with Crippen LogP contribution in [0.15, 0.2) is 22.7 Å². The minimum absolute atomic E-state index is 0.271. The van der Waals surface area contributed by atoms with Crippen LogP contribution < -0.4 is 9.80 Å². The maximum absolute atomic E-state index is 11.0. The third kappa shape index (κ3) is 4.99. The molecule has 0 aliphatic carbocycles. The second-order valence-electron chi connectivity index (χ2n) is 6.26. The van der Waals surface area contributed by atoms with Gasteiger partial charge in [-0.2, -0.15) is 0 Å². The average Bonchev–Trinajstić information content (AvgIpc) is 2.67. The number of anilines is 2. The van der Waals surface area contributed by atoms with Gasteiger partial charge in [0.25, 0.3) is 0 Å². The Balaban J connectivity index is 1.94. The fourth-order valence-corrected chi connectivity index (χ4v) is 3.66. The van der Waals surface area contributed by atoms with Crippen LogP contribution >= 0.6 is 15.9 Å². The predicted octanol–water partition coefficient (Wildman–Crippen LogP) is 2.70. The molecule has 2 aliphatic rings. The highest BCUT2D eigenvalue weighted by atomic mass is 79.9. The van der Waals surface area contributed by atoms with E-state index in [4.69, 9.17) is 14.2 Å². The molecule has 0 spiro atoms. The van der Waals surface area contributed by atoms with Gasteiger partial charge < -0.3 is 24.0 Å². The lowest BCUT2D eigenvalue weighted by molar-refractivity contribution is -0.139. The summed E-state index contributed by atoms with van der Waals surface area (Å²) in [5, 5.41) is 0. The molecule has 3 rings (SSSR count). The smallest absolute Gasteiger partial charge is 0.302 e. The standard InChI is InChI=1S/C19H25BrN2O4/c1-15(23)26-8-2-3-17-18(21-4-9-24-10-5-21)13-16(20)14-19(17)22-6-11-25-12-7-22/h2-3,13-14H,4-12H2,1H3/b3-2+. The van der Waals surface area contributed by atoms with E-state index in [1.165, 1.54) is 18.3 Å². The summed E-state index contributed by atoms with van der Waals surface area (Å²) in [6.07, 6.45) is 3.96. The van der Waals surface area contributed by atoms with Gasteiger partial charge in [-0.1, -0.05) is 22.0 Å². The molecular formula is C19H25BrN2O4. The van der Waals surface area contributed by atoms with Crippen molar-refractivity contribution in [3.63, 3.8) is 0 Å². The number of nitrogens with zero attached hydrogens (tertiary/aromatic N) is 2. The first-order chi connectivity index (χ1) is 12.6. The summed E-state index contributed by atoms with van der Waals surface area (Å²) in [5.41, 5.74) is 3.48. The summed E-state index contributed by atoms with van der Waals surface area (Å²) < 4.78 is 17.1. The Morgan fingerprint density at radius 1 is 1.08 bits per heavy atom. The molecule has 0 bridgehead atoms. The number of benzene rings is 1. The fraction of sp³-hybridized carbons (Fsp3) is 0.526. The number of hydrogen-bond acceptors (Lipinski definition) is 6. The van der Waals surface area contributed by atoms with Gasteiger partial charge in [0.15, 0.2) is 0 Å². The van der Waals surface area contributed by atoms with E-state index < -0.39 is 0 Å². The van der Waals surface area contributed by atoms with Gasteiger partial charge in [-0.05, 0) is 18.2 Å². The summed E-state index contributed by atoms with van der Waals surface area (Å²) in [5.74, 6) is -0.271. The van der Waals surface area contributed by atoms with E-state index in [1.807, 2.05) is 6.08 Å². The second-order valence-corrected chi connectivity index (χ2v) is 7.18. The summed E-state index contributed by atoms with van der Waals surface area (Å²) in [7, 11) is 0. The molecule has 1 aromatic carbocycles. The summed E-state index contributed by atoms with van der Waals surface area (Å²) >= 11 is 3.67. The first-order valence-corrected chi connectivity index (χ1v) is 9.73. The van der Waals surface area contributed by atoms with Crippen molar-refractivity contribution in [3.05, 3.63) is 28.2 Å². The van der Waals surface area contributed by atoms with E-state index in [2.05, 4.69) is 43.9 Å². The Kier molecular flexibility index (Phi) is 6.93. The molecule has 26 heavy (non-hydrogen) atoms. The number of esters is 1. The van der Waals surface area contributed by atoms with Crippen LogP contribution in [0, 0.1) is 0 Å². The SMILES string of the molecule is CC(=O)OC/C=C/c1c(N2CCOCC2)cc(Br)cc1N1CCOCC1. The molecule has 1 aromatic rings. The molecule has 7 heteroatoms. The van der Waals surface area contributed by atoms with Gasteiger partial charge in [0.2, 0.25) is 0 Å². The molecule has 0 radical (unpaired) electrons. The van der Waals surface area contributed by atoms with Crippen molar-refractivity contribution in [2.75, 3.05) is 69.0 Å². The van der Waals surface area contributed by atoms with Crippen LogP contribution in [0.4, 0.5) is 11.4 Å². The van der Waals surface area contributed by atoms with Crippen LogP contribution in [-0.4, -0.2) is 65.2 Å². The Bertz CT molecular complexity index is 614. The molecule has 2 aliphatic heterocycles. The lowest BCUT2D eigenvalue weighted by atomic mass is 10.1. The number of carbonyl (C=O) groups is 1. The van der Waals surface area contributed by atoms with E-state index in [9.17, 15) is 4.79 Å². The fourth-order valence-electron chi connectivity index (χ4n) is 3.22. The quantitative estimate of drug-likeness (QED) is 0.677. The predicted molar refractivity (Wildman–Crippen MR) is 106 cm³/mol. The van der Waals surface area contributed by atoms with Crippen molar-refractivity contribution in [3.8, 4) is 0 Å². The lowest BCUT2D eigenvalue weighted by Gasteiger charge is -2.35. The zero-order valence-electron chi connectivity index (χ0n) is 15.1. The third-order valence-corrected chi connectivity index (χ3v) is 4.93. The minimum Gasteiger partial charge on any atom is -0.462 e. The van der Waals surface area contributed by atoms with Crippen molar-refractivity contribution in [2.45, 2.75) is 6.92 Å². The van der Waals surface area contributed by atoms with E-state index in [1.54, 1.807) is 0 Å². The monoisotopic (exact) mass is 424 g/mol. The normalized spacial score (nSPS) is 18.4. The highest BCUT2D eigenvalue weighted by molar-refractivity contribution is 9.10. The Labute approximate surface area is 162 Å². The van der Waals surface area contributed by atoms with Crippen LogP contribution in [0.2, 0.25) is 0 Å². The van der Waals surface area contributed by atoms with Crippen molar-refractivity contribution in [2.24, 2.45) is 0 Å². The molecule has 2 fully saturated rings. The van der Waals surface area contributed by atoms with Crippen LogP contribution in [0.5, 0.6) is 0 Å². The van der Waals surface area contributed by atoms with Gasteiger partial charge in [-0.15, -0.1) is 0 Å². The van der Waals surface area contributed by atoms with Gasteiger partial charge >= 0.3 is 5.97 Å². The van der Waals surface area contributed by atoms with E-state index >= 15 is 0 Å². The third-order valence-electron chi connectivity index (χ3n) is 4.47. The molecule has 0 aromatic heterocycles. The Morgan fingerprint density at radius 2 is 1.58 bits per heavy atom.